The first-order valence-electron chi connectivity index (χ1n) is 5.41. The van der Waals surface area contributed by atoms with Gasteiger partial charge in [-0.3, -0.25) is 0 Å². The fraction of sp³-hybridized carbons (Fsp3) is 0.231. The van der Waals surface area contributed by atoms with E-state index in [1.54, 1.807) is 6.07 Å². The summed E-state index contributed by atoms with van der Waals surface area (Å²) in [4.78, 5) is 1.02. The predicted molar refractivity (Wildman–Crippen MR) is 79.1 cm³/mol. The number of benzene rings is 1. The molecule has 1 N–H and O–H groups in total. The molecule has 0 aliphatic carbocycles. The van der Waals surface area contributed by atoms with Gasteiger partial charge in [-0.2, -0.15) is 0 Å². The second-order valence-corrected chi connectivity index (χ2v) is 6.59. The summed E-state index contributed by atoms with van der Waals surface area (Å²) >= 11 is 10.8. The molecule has 96 valence electrons. The van der Waals surface area contributed by atoms with Crippen molar-refractivity contribution >= 4 is 38.9 Å². The van der Waals surface area contributed by atoms with E-state index in [1.165, 1.54) is 17.4 Å². The summed E-state index contributed by atoms with van der Waals surface area (Å²) < 4.78 is 15.5. The Labute approximate surface area is 123 Å². The molecule has 0 saturated carbocycles. The molecule has 0 radical (unpaired) electrons. The summed E-state index contributed by atoms with van der Waals surface area (Å²) in [5, 5.41) is 3.13. The number of nitrogens with one attached hydrogen (secondary N) is 1. The molecule has 1 unspecified atom stereocenters. The molecular weight excluding hydrogens is 337 g/mol. The Bertz CT molecular complexity index is 551. The van der Waals surface area contributed by atoms with Crippen LogP contribution in [0.4, 0.5) is 4.39 Å². The van der Waals surface area contributed by atoms with Gasteiger partial charge in [-0.15, -0.1) is 11.3 Å². The molecule has 2 rings (SSSR count). The average Bonchev–Trinajstić information content (AvgIpc) is 2.63. The summed E-state index contributed by atoms with van der Waals surface area (Å²) in [7, 11) is 1.81. The molecule has 5 heteroatoms. The van der Waals surface area contributed by atoms with Crippen LogP contribution in [0.1, 0.15) is 22.0 Å². The van der Waals surface area contributed by atoms with Gasteiger partial charge in [0.1, 0.15) is 5.82 Å². The van der Waals surface area contributed by atoms with E-state index in [2.05, 4.69) is 21.2 Å². The Kier molecular flexibility index (Phi) is 4.43. The van der Waals surface area contributed by atoms with Crippen molar-refractivity contribution < 1.29 is 4.39 Å². The first-order valence-corrected chi connectivity index (χ1v) is 7.39. The monoisotopic (exact) mass is 347 g/mol. The van der Waals surface area contributed by atoms with Crippen LogP contribution in [0, 0.1) is 12.7 Å². The molecule has 0 bridgehead atoms. The summed E-state index contributed by atoms with van der Waals surface area (Å²) in [6.07, 6.45) is 0. The molecule has 1 nitrogen and oxygen atoms in total. The van der Waals surface area contributed by atoms with Gasteiger partial charge in [0.2, 0.25) is 0 Å². The molecule has 0 aliphatic heterocycles. The summed E-state index contributed by atoms with van der Waals surface area (Å²) in [5.74, 6) is -0.231. The van der Waals surface area contributed by atoms with Gasteiger partial charge in [0.25, 0.3) is 0 Å². The van der Waals surface area contributed by atoms with Crippen molar-refractivity contribution in [3.63, 3.8) is 0 Å². The Balaban J connectivity index is 2.45. The summed E-state index contributed by atoms with van der Waals surface area (Å²) in [6.45, 7) is 1.95. The maximum Gasteiger partial charge on any atom is 0.129 e. The summed E-state index contributed by atoms with van der Waals surface area (Å²) in [6, 6.07) is 6.92. The number of halogens is 3. The van der Waals surface area contributed by atoms with E-state index in [0.29, 0.717) is 5.56 Å². The molecule has 0 aliphatic rings. The molecule has 0 spiro atoms. The minimum Gasteiger partial charge on any atom is -0.309 e. The fourth-order valence-electron chi connectivity index (χ4n) is 1.81. The lowest BCUT2D eigenvalue weighted by atomic mass is 10.0. The highest BCUT2D eigenvalue weighted by molar-refractivity contribution is 9.10. The highest BCUT2D eigenvalue weighted by Crippen LogP contribution is 2.35. The zero-order chi connectivity index (χ0) is 13.3. The molecule has 18 heavy (non-hydrogen) atoms. The Morgan fingerprint density at radius 2 is 2.11 bits per heavy atom. The minimum atomic E-state index is -0.231. The Morgan fingerprint density at radius 3 is 2.61 bits per heavy atom. The van der Waals surface area contributed by atoms with E-state index in [-0.39, 0.29) is 11.9 Å². The molecule has 0 amide bonds. The van der Waals surface area contributed by atoms with E-state index < -0.39 is 0 Å². The first-order chi connectivity index (χ1) is 8.52. The van der Waals surface area contributed by atoms with Gasteiger partial charge >= 0.3 is 0 Å². The number of thiophene rings is 1. The van der Waals surface area contributed by atoms with Gasteiger partial charge in [-0.25, -0.2) is 4.39 Å². The van der Waals surface area contributed by atoms with E-state index in [9.17, 15) is 4.39 Å². The maximum atomic E-state index is 14.0. The van der Waals surface area contributed by atoms with Gasteiger partial charge < -0.3 is 5.32 Å². The lowest BCUT2D eigenvalue weighted by molar-refractivity contribution is 0.578. The normalized spacial score (nSPS) is 12.7. The van der Waals surface area contributed by atoms with E-state index >= 15 is 0 Å². The topological polar surface area (TPSA) is 12.0 Å². The van der Waals surface area contributed by atoms with Crippen molar-refractivity contribution in [2.24, 2.45) is 0 Å². The zero-order valence-electron chi connectivity index (χ0n) is 9.93. The van der Waals surface area contributed by atoms with Gasteiger partial charge in [0.05, 0.1) is 10.4 Å². The average molecular weight is 349 g/mol. The predicted octanol–water partition coefficient (Wildman–Crippen LogP) is 4.92. The van der Waals surface area contributed by atoms with Crippen molar-refractivity contribution in [3.8, 4) is 0 Å². The number of hydrogen-bond donors (Lipinski definition) is 1. The molecule has 1 aromatic heterocycles. The second kappa shape index (κ2) is 5.70. The van der Waals surface area contributed by atoms with Crippen molar-refractivity contribution in [1.29, 1.82) is 0 Å². The lowest BCUT2D eigenvalue weighted by Crippen LogP contribution is -2.17. The number of aryl methyl sites for hydroxylation is 1. The third-order valence-electron chi connectivity index (χ3n) is 2.72. The molecule has 1 heterocycles. The van der Waals surface area contributed by atoms with Crippen LogP contribution in [0.2, 0.25) is 4.34 Å². The van der Waals surface area contributed by atoms with Crippen LogP contribution in [0.15, 0.2) is 28.7 Å². The maximum absolute atomic E-state index is 14.0. The van der Waals surface area contributed by atoms with Crippen LogP contribution in [0.25, 0.3) is 0 Å². The van der Waals surface area contributed by atoms with Crippen molar-refractivity contribution in [2.45, 2.75) is 13.0 Å². The van der Waals surface area contributed by atoms with Crippen LogP contribution in [-0.4, -0.2) is 7.05 Å². The third-order valence-corrected chi connectivity index (χ3v) is 4.84. The molecule has 1 aromatic carbocycles. The standard InChI is InChI=1S/C13H12BrClFNS/c1-7-5-11(18-13(7)15)12(17-2)9-4-3-8(14)6-10(9)16/h3-6,12,17H,1-2H3. The smallest absolute Gasteiger partial charge is 0.129 e. The number of rotatable bonds is 3. The van der Waals surface area contributed by atoms with E-state index in [4.69, 9.17) is 11.6 Å². The largest absolute Gasteiger partial charge is 0.309 e. The molecular formula is C13H12BrClFNS. The number of hydrogen-bond acceptors (Lipinski definition) is 2. The van der Waals surface area contributed by atoms with Crippen LogP contribution >= 0.6 is 38.9 Å². The van der Waals surface area contributed by atoms with Crippen molar-refractivity contribution in [3.05, 3.63) is 54.9 Å². The quantitative estimate of drug-likeness (QED) is 0.830. The van der Waals surface area contributed by atoms with Gasteiger partial charge in [-0.05, 0) is 37.7 Å². The Morgan fingerprint density at radius 1 is 1.39 bits per heavy atom. The minimum absolute atomic E-state index is 0.172. The fourth-order valence-corrected chi connectivity index (χ4v) is 3.49. The third kappa shape index (κ3) is 2.77. The van der Waals surface area contributed by atoms with Gasteiger partial charge in [0.15, 0.2) is 0 Å². The lowest BCUT2D eigenvalue weighted by Gasteiger charge is -2.16. The van der Waals surface area contributed by atoms with Gasteiger partial charge in [0, 0.05) is 14.9 Å². The van der Waals surface area contributed by atoms with Crippen LogP contribution in [0.5, 0.6) is 0 Å². The molecule has 0 fully saturated rings. The van der Waals surface area contributed by atoms with Crippen molar-refractivity contribution in [2.75, 3.05) is 7.05 Å². The van der Waals surface area contributed by atoms with Crippen LogP contribution in [0.3, 0.4) is 0 Å². The highest BCUT2D eigenvalue weighted by atomic mass is 79.9. The van der Waals surface area contributed by atoms with Crippen LogP contribution < -0.4 is 5.32 Å². The zero-order valence-corrected chi connectivity index (χ0v) is 13.1. The highest BCUT2D eigenvalue weighted by Gasteiger charge is 2.19. The van der Waals surface area contributed by atoms with Gasteiger partial charge in [-0.1, -0.05) is 33.6 Å². The van der Waals surface area contributed by atoms with E-state index in [1.807, 2.05) is 26.1 Å². The molecule has 2 aromatic rings. The SMILES string of the molecule is CNC(c1cc(C)c(Cl)s1)c1ccc(Br)cc1F. The van der Waals surface area contributed by atoms with Crippen LogP contribution in [-0.2, 0) is 0 Å². The summed E-state index contributed by atoms with van der Waals surface area (Å²) in [5.41, 5.74) is 1.65. The Hall–Kier alpha value is -0.420. The van der Waals surface area contributed by atoms with Crippen molar-refractivity contribution in [1.82, 2.24) is 5.32 Å². The second-order valence-electron chi connectivity index (χ2n) is 3.99. The molecule has 0 saturated heterocycles. The first kappa shape index (κ1) is 14.0. The molecule has 1 atom stereocenters. The van der Waals surface area contributed by atoms with E-state index in [0.717, 1.165) is 19.2 Å².